The van der Waals surface area contributed by atoms with Gasteiger partial charge in [0, 0.05) is 10.0 Å². The maximum Gasteiger partial charge on any atom is 0.419 e. The van der Waals surface area contributed by atoms with Gasteiger partial charge in [-0.1, -0.05) is 34.1 Å². The van der Waals surface area contributed by atoms with Crippen molar-refractivity contribution in [1.29, 1.82) is 0 Å². The Morgan fingerprint density at radius 1 is 1.05 bits per heavy atom. The quantitative estimate of drug-likeness (QED) is 0.462. The number of halogens is 5. The minimum absolute atomic E-state index is 0.187. The van der Waals surface area contributed by atoms with Crippen LogP contribution in [0.3, 0.4) is 0 Å². The molecule has 0 saturated heterocycles. The second kappa shape index (κ2) is 6.26. The Hall–Kier alpha value is -1.89. The molecule has 0 aliphatic heterocycles. The highest BCUT2D eigenvalue weighted by Gasteiger charge is 2.35. The number of hydrogen-bond donors (Lipinski definition) is 1. The maximum atomic E-state index is 13.9. The van der Waals surface area contributed by atoms with E-state index in [9.17, 15) is 17.6 Å². The summed E-state index contributed by atoms with van der Waals surface area (Å²) in [7, 11) is 0. The molecule has 110 valence electrons. The molecule has 0 radical (unpaired) electrons. The normalized spacial score (nSPS) is 11.9. The largest absolute Gasteiger partial charge is 0.419 e. The van der Waals surface area contributed by atoms with Crippen LogP contribution in [0, 0.1) is 5.82 Å². The van der Waals surface area contributed by atoms with Crippen molar-refractivity contribution >= 4 is 27.8 Å². The summed E-state index contributed by atoms with van der Waals surface area (Å²) in [4.78, 5) is 0. The Kier molecular flexibility index (Phi) is 4.62. The molecule has 0 aliphatic carbocycles. The monoisotopic (exact) mass is 360 g/mol. The smallest absolute Gasteiger partial charge is 0.279 e. The van der Waals surface area contributed by atoms with Crippen molar-refractivity contribution in [3.8, 4) is 0 Å². The number of hydrogen-bond acceptors (Lipinski definition) is 2. The fourth-order valence-corrected chi connectivity index (χ4v) is 2.00. The second-order valence-corrected chi connectivity index (χ2v) is 4.91. The van der Waals surface area contributed by atoms with Gasteiger partial charge >= 0.3 is 6.18 Å². The zero-order chi connectivity index (χ0) is 15.5. The molecule has 0 heterocycles. The van der Waals surface area contributed by atoms with Crippen molar-refractivity contribution in [1.82, 2.24) is 0 Å². The Morgan fingerprint density at radius 2 is 1.71 bits per heavy atom. The predicted molar refractivity (Wildman–Crippen MR) is 76.8 cm³/mol. The van der Waals surface area contributed by atoms with Gasteiger partial charge < -0.3 is 0 Å². The lowest BCUT2D eigenvalue weighted by molar-refractivity contribution is -0.140. The van der Waals surface area contributed by atoms with Crippen LogP contribution in [0.2, 0.25) is 0 Å². The summed E-state index contributed by atoms with van der Waals surface area (Å²) < 4.78 is 52.0. The van der Waals surface area contributed by atoms with Crippen LogP contribution in [0.4, 0.5) is 23.2 Å². The number of nitrogens with zero attached hydrogens (tertiary/aromatic N) is 1. The van der Waals surface area contributed by atoms with E-state index < -0.39 is 17.6 Å². The van der Waals surface area contributed by atoms with Crippen molar-refractivity contribution in [3.05, 3.63) is 63.9 Å². The topological polar surface area (TPSA) is 24.4 Å². The standard InChI is InChI=1S/C14H9BrF4N2/c15-12-7-6-11(14(17,18)19)13(16)10(12)8-20-21-9-4-2-1-3-5-9/h1-8,21H. The van der Waals surface area contributed by atoms with Gasteiger partial charge in [-0.05, 0) is 24.3 Å². The van der Waals surface area contributed by atoms with Crippen LogP contribution in [0.15, 0.2) is 52.0 Å². The minimum Gasteiger partial charge on any atom is -0.279 e. The molecule has 0 aromatic heterocycles. The average Bonchev–Trinajstić information content (AvgIpc) is 2.42. The molecule has 21 heavy (non-hydrogen) atoms. The summed E-state index contributed by atoms with van der Waals surface area (Å²) in [5, 5.41) is 3.74. The highest BCUT2D eigenvalue weighted by atomic mass is 79.9. The Balaban J connectivity index is 2.27. The molecule has 0 amide bonds. The molecule has 0 spiro atoms. The number of para-hydroxylation sites is 1. The van der Waals surface area contributed by atoms with Gasteiger partial charge in [-0.2, -0.15) is 18.3 Å². The van der Waals surface area contributed by atoms with E-state index in [2.05, 4.69) is 26.5 Å². The zero-order valence-corrected chi connectivity index (χ0v) is 12.0. The lowest BCUT2D eigenvalue weighted by Gasteiger charge is -2.10. The summed E-state index contributed by atoms with van der Waals surface area (Å²) in [5.74, 6) is -1.37. The Morgan fingerprint density at radius 3 is 2.33 bits per heavy atom. The molecule has 0 atom stereocenters. The van der Waals surface area contributed by atoms with E-state index in [1.54, 1.807) is 30.3 Å². The van der Waals surface area contributed by atoms with Crippen LogP contribution in [-0.4, -0.2) is 6.21 Å². The van der Waals surface area contributed by atoms with E-state index in [1.807, 2.05) is 0 Å². The fourth-order valence-electron chi connectivity index (χ4n) is 1.59. The van der Waals surface area contributed by atoms with Crippen molar-refractivity contribution < 1.29 is 17.6 Å². The van der Waals surface area contributed by atoms with Crippen molar-refractivity contribution in [3.63, 3.8) is 0 Å². The number of anilines is 1. The summed E-state index contributed by atoms with van der Waals surface area (Å²) in [5.41, 5.74) is 1.65. The van der Waals surface area contributed by atoms with Crippen LogP contribution < -0.4 is 5.43 Å². The van der Waals surface area contributed by atoms with Crippen LogP contribution in [0.25, 0.3) is 0 Å². The van der Waals surface area contributed by atoms with Gasteiger partial charge in [0.25, 0.3) is 0 Å². The zero-order valence-electron chi connectivity index (χ0n) is 10.5. The lowest BCUT2D eigenvalue weighted by Crippen LogP contribution is -2.10. The molecule has 2 nitrogen and oxygen atoms in total. The summed E-state index contributed by atoms with van der Waals surface area (Å²) >= 11 is 3.01. The van der Waals surface area contributed by atoms with Crippen LogP contribution in [-0.2, 0) is 6.18 Å². The van der Waals surface area contributed by atoms with E-state index in [-0.39, 0.29) is 10.0 Å². The first-order valence-electron chi connectivity index (χ1n) is 5.79. The first-order valence-corrected chi connectivity index (χ1v) is 6.58. The van der Waals surface area contributed by atoms with Crippen molar-refractivity contribution in [2.24, 2.45) is 5.10 Å². The van der Waals surface area contributed by atoms with Gasteiger partial charge in [0.05, 0.1) is 17.5 Å². The second-order valence-electron chi connectivity index (χ2n) is 4.06. The number of hydrazone groups is 1. The van der Waals surface area contributed by atoms with Crippen LogP contribution in [0.1, 0.15) is 11.1 Å². The maximum absolute atomic E-state index is 13.9. The molecule has 2 aromatic carbocycles. The van der Waals surface area contributed by atoms with E-state index in [1.165, 1.54) is 0 Å². The van der Waals surface area contributed by atoms with E-state index in [4.69, 9.17) is 0 Å². The fraction of sp³-hybridized carbons (Fsp3) is 0.0714. The Labute approximate surface area is 126 Å². The third kappa shape index (κ3) is 3.81. The van der Waals surface area contributed by atoms with E-state index >= 15 is 0 Å². The summed E-state index contributed by atoms with van der Waals surface area (Å²) in [6.45, 7) is 0. The SMILES string of the molecule is Fc1c(C(F)(F)F)ccc(Br)c1C=NNc1ccccc1. The van der Waals surface area contributed by atoms with Gasteiger partial charge in [-0.3, -0.25) is 5.43 Å². The molecule has 0 unspecified atom stereocenters. The molecule has 2 rings (SSSR count). The molecule has 0 saturated carbocycles. The van der Waals surface area contributed by atoms with Crippen LogP contribution in [0.5, 0.6) is 0 Å². The number of nitrogens with one attached hydrogen (secondary N) is 1. The molecule has 1 N–H and O–H groups in total. The van der Waals surface area contributed by atoms with Gasteiger partial charge in [0.2, 0.25) is 0 Å². The first-order chi connectivity index (χ1) is 9.89. The van der Waals surface area contributed by atoms with Gasteiger partial charge in [-0.25, -0.2) is 4.39 Å². The molecular formula is C14H9BrF4N2. The van der Waals surface area contributed by atoms with E-state index in [0.717, 1.165) is 12.3 Å². The molecule has 2 aromatic rings. The number of rotatable bonds is 3. The lowest BCUT2D eigenvalue weighted by atomic mass is 10.1. The van der Waals surface area contributed by atoms with E-state index in [0.29, 0.717) is 11.8 Å². The van der Waals surface area contributed by atoms with Crippen molar-refractivity contribution in [2.45, 2.75) is 6.18 Å². The summed E-state index contributed by atoms with van der Waals surface area (Å²) in [6.07, 6.45) is -3.75. The predicted octanol–water partition coefficient (Wildman–Crippen LogP) is 5.05. The summed E-state index contributed by atoms with van der Waals surface area (Å²) in [6, 6.07) is 10.6. The highest BCUT2D eigenvalue weighted by Crippen LogP contribution is 2.34. The van der Waals surface area contributed by atoms with Gasteiger partial charge in [0.15, 0.2) is 0 Å². The average molecular weight is 361 g/mol. The number of benzene rings is 2. The molecule has 0 aliphatic rings. The highest BCUT2D eigenvalue weighted by molar-refractivity contribution is 9.10. The minimum atomic E-state index is -4.75. The van der Waals surface area contributed by atoms with Gasteiger partial charge in [-0.15, -0.1) is 0 Å². The van der Waals surface area contributed by atoms with Crippen LogP contribution >= 0.6 is 15.9 Å². The van der Waals surface area contributed by atoms with Crippen molar-refractivity contribution in [2.75, 3.05) is 5.43 Å². The third-order valence-electron chi connectivity index (χ3n) is 2.59. The molecular weight excluding hydrogens is 352 g/mol. The molecule has 0 bridgehead atoms. The Bertz CT molecular complexity index is 654. The first kappa shape index (κ1) is 15.5. The number of alkyl halides is 3. The van der Waals surface area contributed by atoms with Gasteiger partial charge in [0.1, 0.15) is 5.82 Å². The third-order valence-corrected chi connectivity index (χ3v) is 3.28. The molecule has 7 heteroatoms. The molecule has 0 fully saturated rings.